The molecule has 1 heterocycles. The average Bonchev–Trinajstić information content (AvgIpc) is 2.47. The van der Waals surface area contributed by atoms with Gasteiger partial charge in [-0.2, -0.15) is 4.98 Å². The van der Waals surface area contributed by atoms with Gasteiger partial charge in [0.05, 0.1) is 17.0 Å². The summed E-state index contributed by atoms with van der Waals surface area (Å²) in [6.45, 7) is 3.85. The van der Waals surface area contributed by atoms with Gasteiger partial charge in [0.1, 0.15) is 5.82 Å². The lowest BCUT2D eigenvalue weighted by Gasteiger charge is -2.12. The third-order valence-electron chi connectivity index (χ3n) is 3.20. The minimum Gasteiger partial charge on any atom is -0.474 e. The third-order valence-corrected chi connectivity index (χ3v) is 3.20. The van der Waals surface area contributed by atoms with Crippen molar-refractivity contribution in [3.63, 3.8) is 0 Å². The molecule has 3 rings (SSSR count). The van der Waals surface area contributed by atoms with Crippen LogP contribution in [0.2, 0.25) is 0 Å². The number of aromatic nitrogens is 2. The van der Waals surface area contributed by atoms with Crippen molar-refractivity contribution in [1.29, 1.82) is 0 Å². The summed E-state index contributed by atoms with van der Waals surface area (Å²) in [6, 6.07) is 12.0. The molecule has 0 aliphatic rings. The second-order valence-electron chi connectivity index (χ2n) is 5.29. The Morgan fingerprint density at radius 1 is 1.00 bits per heavy atom. The normalized spacial score (nSPS) is 11.1. The molecule has 2 N–H and O–H groups in total. The van der Waals surface area contributed by atoms with Crippen LogP contribution in [0.5, 0.6) is 5.88 Å². The number of benzene rings is 2. The van der Waals surface area contributed by atoms with Crippen molar-refractivity contribution in [2.75, 3.05) is 5.73 Å². The number of hydrogen-bond donors (Lipinski definition) is 1. The monoisotopic (exact) mass is 297 g/mol. The molecule has 0 atom stereocenters. The van der Waals surface area contributed by atoms with Gasteiger partial charge in [-0.15, -0.1) is 0 Å². The molecule has 2 aromatic carbocycles. The molecule has 0 aliphatic carbocycles. The van der Waals surface area contributed by atoms with E-state index in [1.54, 1.807) is 12.1 Å². The van der Waals surface area contributed by atoms with Gasteiger partial charge in [-0.1, -0.05) is 18.2 Å². The van der Waals surface area contributed by atoms with E-state index < -0.39 is 0 Å². The third kappa shape index (κ3) is 2.83. The molecule has 0 saturated carbocycles. The van der Waals surface area contributed by atoms with Crippen molar-refractivity contribution in [3.05, 3.63) is 48.3 Å². The van der Waals surface area contributed by atoms with Crippen LogP contribution in [0, 0.1) is 5.82 Å². The first kappa shape index (κ1) is 14.3. The zero-order valence-electron chi connectivity index (χ0n) is 12.4. The standard InChI is InChI=1S/C17H16FN3O/c1-10(2)22-16-14-9-12(11-3-6-13(18)7-4-11)5-8-15(14)20-17(19)21-16/h3-10H,1-2H3,(H2,19,20,21). The molecule has 112 valence electrons. The fraction of sp³-hybridized carbons (Fsp3) is 0.176. The summed E-state index contributed by atoms with van der Waals surface area (Å²) < 4.78 is 18.8. The zero-order valence-corrected chi connectivity index (χ0v) is 12.4. The zero-order chi connectivity index (χ0) is 15.7. The summed E-state index contributed by atoms with van der Waals surface area (Å²) in [4.78, 5) is 8.39. The highest BCUT2D eigenvalue weighted by Crippen LogP contribution is 2.29. The molecule has 5 heteroatoms. The van der Waals surface area contributed by atoms with Crippen molar-refractivity contribution < 1.29 is 9.13 Å². The lowest BCUT2D eigenvalue weighted by molar-refractivity contribution is 0.236. The van der Waals surface area contributed by atoms with Crippen LogP contribution in [0.4, 0.5) is 10.3 Å². The number of ether oxygens (including phenoxy) is 1. The van der Waals surface area contributed by atoms with Gasteiger partial charge in [0, 0.05) is 0 Å². The van der Waals surface area contributed by atoms with E-state index in [1.807, 2.05) is 32.0 Å². The maximum absolute atomic E-state index is 13.1. The summed E-state index contributed by atoms with van der Waals surface area (Å²) in [7, 11) is 0. The van der Waals surface area contributed by atoms with Gasteiger partial charge in [-0.25, -0.2) is 9.37 Å². The van der Waals surface area contributed by atoms with E-state index in [4.69, 9.17) is 10.5 Å². The predicted octanol–water partition coefficient (Wildman–Crippen LogP) is 3.81. The minimum absolute atomic E-state index is 0.0213. The van der Waals surface area contributed by atoms with E-state index >= 15 is 0 Å². The van der Waals surface area contributed by atoms with Crippen molar-refractivity contribution in [2.24, 2.45) is 0 Å². The molecule has 0 spiro atoms. The van der Waals surface area contributed by atoms with Gasteiger partial charge in [0.25, 0.3) is 0 Å². The van der Waals surface area contributed by atoms with E-state index in [0.717, 1.165) is 16.5 Å². The molecule has 0 radical (unpaired) electrons. The number of halogens is 1. The first-order valence-electron chi connectivity index (χ1n) is 7.03. The van der Waals surface area contributed by atoms with Crippen molar-refractivity contribution >= 4 is 16.9 Å². The van der Waals surface area contributed by atoms with Crippen molar-refractivity contribution in [2.45, 2.75) is 20.0 Å². The minimum atomic E-state index is -0.260. The predicted molar refractivity (Wildman–Crippen MR) is 85.1 cm³/mol. The highest BCUT2D eigenvalue weighted by molar-refractivity contribution is 5.89. The maximum Gasteiger partial charge on any atom is 0.226 e. The lowest BCUT2D eigenvalue weighted by atomic mass is 10.0. The van der Waals surface area contributed by atoms with Crippen molar-refractivity contribution in [1.82, 2.24) is 9.97 Å². The second kappa shape index (κ2) is 5.60. The first-order valence-corrected chi connectivity index (χ1v) is 7.03. The molecular weight excluding hydrogens is 281 g/mol. The molecule has 0 fully saturated rings. The Hall–Kier alpha value is -2.69. The summed E-state index contributed by atoms with van der Waals surface area (Å²) in [5.41, 5.74) is 8.29. The number of hydrogen-bond acceptors (Lipinski definition) is 4. The molecule has 0 saturated heterocycles. The molecule has 1 aromatic heterocycles. The van der Waals surface area contributed by atoms with Gasteiger partial charge >= 0.3 is 0 Å². The topological polar surface area (TPSA) is 61.0 Å². The van der Waals surface area contributed by atoms with Crippen LogP contribution < -0.4 is 10.5 Å². The van der Waals surface area contributed by atoms with Gasteiger partial charge < -0.3 is 10.5 Å². The number of anilines is 1. The number of fused-ring (bicyclic) bond motifs is 1. The Morgan fingerprint density at radius 3 is 2.36 bits per heavy atom. The van der Waals surface area contributed by atoms with E-state index in [1.165, 1.54) is 12.1 Å². The van der Waals surface area contributed by atoms with Gasteiger partial charge in [0.2, 0.25) is 11.8 Å². The second-order valence-corrected chi connectivity index (χ2v) is 5.29. The number of nitrogens with zero attached hydrogens (tertiary/aromatic N) is 2. The first-order chi connectivity index (χ1) is 10.5. The molecule has 3 aromatic rings. The Bertz CT molecular complexity index is 816. The molecule has 4 nitrogen and oxygen atoms in total. The highest BCUT2D eigenvalue weighted by atomic mass is 19.1. The summed E-state index contributed by atoms with van der Waals surface area (Å²) in [6.07, 6.45) is -0.0213. The molecule has 0 amide bonds. The molecule has 0 bridgehead atoms. The van der Waals surface area contributed by atoms with Crippen LogP contribution in [0.25, 0.3) is 22.0 Å². The van der Waals surface area contributed by atoms with E-state index in [-0.39, 0.29) is 17.9 Å². The van der Waals surface area contributed by atoms with Crippen molar-refractivity contribution in [3.8, 4) is 17.0 Å². The molecule has 22 heavy (non-hydrogen) atoms. The number of nitrogen functional groups attached to an aromatic ring is 1. The van der Waals surface area contributed by atoms with E-state index in [9.17, 15) is 4.39 Å². The van der Waals surface area contributed by atoms with Gasteiger partial charge in [0.15, 0.2) is 0 Å². The fourth-order valence-electron chi connectivity index (χ4n) is 2.25. The largest absolute Gasteiger partial charge is 0.474 e. The van der Waals surface area contributed by atoms with Crippen LogP contribution in [0.15, 0.2) is 42.5 Å². The van der Waals surface area contributed by atoms with Crippen LogP contribution in [-0.4, -0.2) is 16.1 Å². The SMILES string of the molecule is CC(C)Oc1nc(N)nc2ccc(-c3ccc(F)cc3)cc12. The summed E-state index contributed by atoms with van der Waals surface area (Å²) in [5.74, 6) is 0.378. The Morgan fingerprint density at radius 2 is 1.68 bits per heavy atom. The number of nitrogens with two attached hydrogens (primary N) is 1. The Kier molecular flexibility index (Phi) is 3.63. The van der Waals surface area contributed by atoms with Crippen LogP contribution in [-0.2, 0) is 0 Å². The number of rotatable bonds is 3. The quantitative estimate of drug-likeness (QED) is 0.798. The maximum atomic E-state index is 13.1. The van der Waals surface area contributed by atoms with Crippen LogP contribution >= 0.6 is 0 Å². The van der Waals surface area contributed by atoms with Gasteiger partial charge in [-0.3, -0.25) is 0 Å². The summed E-state index contributed by atoms with van der Waals surface area (Å²) >= 11 is 0. The van der Waals surface area contributed by atoms with Crippen LogP contribution in [0.3, 0.4) is 0 Å². The summed E-state index contributed by atoms with van der Waals surface area (Å²) in [5, 5.41) is 0.782. The van der Waals surface area contributed by atoms with E-state index in [0.29, 0.717) is 11.4 Å². The fourth-order valence-corrected chi connectivity index (χ4v) is 2.25. The van der Waals surface area contributed by atoms with E-state index in [2.05, 4.69) is 9.97 Å². The lowest BCUT2D eigenvalue weighted by Crippen LogP contribution is -2.09. The van der Waals surface area contributed by atoms with Crippen LogP contribution in [0.1, 0.15) is 13.8 Å². The highest BCUT2D eigenvalue weighted by Gasteiger charge is 2.10. The average molecular weight is 297 g/mol. The molecule has 0 aliphatic heterocycles. The van der Waals surface area contributed by atoms with Gasteiger partial charge in [-0.05, 0) is 49.2 Å². The Balaban J connectivity index is 2.15. The molecule has 0 unspecified atom stereocenters. The Labute approximate surface area is 127 Å². The molecular formula is C17H16FN3O. The smallest absolute Gasteiger partial charge is 0.226 e.